The van der Waals surface area contributed by atoms with E-state index in [0.29, 0.717) is 44.1 Å². The zero-order chi connectivity index (χ0) is 21.3. The largest absolute Gasteiger partial charge is 0.491 e. The summed E-state index contributed by atoms with van der Waals surface area (Å²) in [5, 5.41) is 20.2. The van der Waals surface area contributed by atoms with Crippen LogP contribution in [0.5, 0.6) is 5.75 Å². The van der Waals surface area contributed by atoms with E-state index >= 15 is 0 Å². The van der Waals surface area contributed by atoms with Crippen molar-refractivity contribution in [2.24, 2.45) is 0 Å². The third kappa shape index (κ3) is 6.56. The summed E-state index contributed by atoms with van der Waals surface area (Å²) in [5.41, 5.74) is 3.07. The summed E-state index contributed by atoms with van der Waals surface area (Å²) in [7, 11) is 0. The number of ether oxygens (including phenoxy) is 3. The number of aliphatic hydroxyl groups excluding tert-OH is 2. The summed E-state index contributed by atoms with van der Waals surface area (Å²) in [6, 6.07) is 13.7. The lowest BCUT2D eigenvalue weighted by Crippen LogP contribution is -2.33. The summed E-state index contributed by atoms with van der Waals surface area (Å²) >= 11 is 6.44. The van der Waals surface area contributed by atoms with Crippen LogP contribution >= 0.6 is 11.6 Å². The number of aliphatic hydroxyl groups is 2. The van der Waals surface area contributed by atoms with Gasteiger partial charge >= 0.3 is 0 Å². The molecule has 0 saturated carbocycles. The van der Waals surface area contributed by atoms with Crippen molar-refractivity contribution >= 4 is 11.6 Å². The highest BCUT2D eigenvalue weighted by atomic mass is 35.5. The quantitative estimate of drug-likeness (QED) is 0.437. The Kier molecular flexibility index (Phi) is 8.73. The maximum absolute atomic E-state index is 10.1. The van der Waals surface area contributed by atoms with Crippen molar-refractivity contribution in [3.8, 4) is 5.75 Å². The van der Waals surface area contributed by atoms with Crippen molar-refractivity contribution in [3.63, 3.8) is 0 Å². The normalized spacial score (nSPS) is 21.4. The maximum atomic E-state index is 10.1. The first-order valence-electron chi connectivity index (χ1n) is 10.2. The van der Waals surface area contributed by atoms with Crippen LogP contribution in [0.15, 0.2) is 55.1 Å². The van der Waals surface area contributed by atoms with Gasteiger partial charge in [-0.25, -0.2) is 0 Å². The molecule has 0 amide bonds. The molecule has 3 atom stereocenters. The number of hydrogen-bond acceptors (Lipinski definition) is 5. The fourth-order valence-electron chi connectivity index (χ4n) is 3.56. The molecular formula is C24H29ClO5. The molecule has 1 fully saturated rings. The van der Waals surface area contributed by atoms with Crippen LogP contribution < -0.4 is 4.74 Å². The van der Waals surface area contributed by atoms with Crippen LogP contribution in [0.25, 0.3) is 0 Å². The molecule has 0 radical (unpaired) electrons. The summed E-state index contributed by atoms with van der Waals surface area (Å²) in [6.07, 6.45) is 2.29. The van der Waals surface area contributed by atoms with E-state index < -0.39 is 6.10 Å². The molecule has 3 rings (SSSR count). The Morgan fingerprint density at radius 2 is 1.93 bits per heavy atom. The van der Waals surface area contributed by atoms with Gasteiger partial charge in [-0.3, -0.25) is 0 Å². The smallest absolute Gasteiger partial charge is 0.119 e. The van der Waals surface area contributed by atoms with Crippen LogP contribution in [0.1, 0.15) is 35.6 Å². The molecule has 2 aromatic rings. The second kappa shape index (κ2) is 11.5. The first-order chi connectivity index (χ1) is 14.6. The third-order valence-corrected chi connectivity index (χ3v) is 5.44. The van der Waals surface area contributed by atoms with Gasteiger partial charge in [0, 0.05) is 17.9 Å². The van der Waals surface area contributed by atoms with Crippen LogP contribution in [0.4, 0.5) is 0 Å². The molecule has 3 unspecified atom stereocenters. The molecule has 0 aromatic heterocycles. The Labute approximate surface area is 182 Å². The Morgan fingerprint density at radius 3 is 2.67 bits per heavy atom. The lowest BCUT2D eigenvalue weighted by Gasteiger charge is -2.32. The highest BCUT2D eigenvalue weighted by Gasteiger charge is 2.29. The Hall–Kier alpha value is -1.89. The summed E-state index contributed by atoms with van der Waals surface area (Å²) < 4.78 is 16.9. The van der Waals surface area contributed by atoms with E-state index in [1.165, 1.54) is 0 Å². The van der Waals surface area contributed by atoms with Gasteiger partial charge in [-0.15, -0.1) is 6.58 Å². The van der Waals surface area contributed by atoms with Gasteiger partial charge in [-0.05, 0) is 41.3 Å². The third-order valence-electron chi connectivity index (χ3n) is 5.07. The Morgan fingerprint density at radius 1 is 1.13 bits per heavy atom. The zero-order valence-corrected chi connectivity index (χ0v) is 17.8. The lowest BCUT2D eigenvalue weighted by molar-refractivity contribution is -0.113. The fourth-order valence-corrected chi connectivity index (χ4v) is 3.75. The monoisotopic (exact) mass is 432 g/mol. The number of hydrogen-bond donors (Lipinski definition) is 2. The van der Waals surface area contributed by atoms with Crippen LogP contribution in [-0.2, 0) is 15.9 Å². The minimum absolute atomic E-state index is 0.0944. The second-order valence-corrected chi connectivity index (χ2v) is 7.85. The van der Waals surface area contributed by atoms with Crippen molar-refractivity contribution in [2.75, 3.05) is 26.4 Å². The van der Waals surface area contributed by atoms with Gasteiger partial charge in [-0.1, -0.05) is 41.9 Å². The molecule has 2 N–H and O–H groups in total. The molecule has 1 aliphatic heterocycles. The Balaban J connectivity index is 1.62. The zero-order valence-electron chi connectivity index (χ0n) is 17.0. The summed E-state index contributed by atoms with van der Waals surface area (Å²) in [5.74, 6) is 0.792. The molecule has 6 heteroatoms. The molecule has 0 aliphatic carbocycles. The van der Waals surface area contributed by atoms with Gasteiger partial charge in [-0.2, -0.15) is 0 Å². The van der Waals surface area contributed by atoms with E-state index in [1.807, 2.05) is 42.5 Å². The van der Waals surface area contributed by atoms with E-state index in [2.05, 4.69) is 6.58 Å². The van der Waals surface area contributed by atoms with Gasteiger partial charge in [0.15, 0.2) is 0 Å². The van der Waals surface area contributed by atoms with Crippen molar-refractivity contribution < 1.29 is 24.4 Å². The van der Waals surface area contributed by atoms with E-state index in [-0.39, 0.29) is 18.8 Å². The second-order valence-electron chi connectivity index (χ2n) is 7.44. The van der Waals surface area contributed by atoms with Gasteiger partial charge in [0.25, 0.3) is 0 Å². The van der Waals surface area contributed by atoms with Gasteiger partial charge in [0.1, 0.15) is 12.4 Å². The van der Waals surface area contributed by atoms with Crippen LogP contribution in [-0.4, -0.2) is 48.8 Å². The maximum Gasteiger partial charge on any atom is 0.119 e. The van der Waals surface area contributed by atoms with Crippen molar-refractivity contribution in [1.29, 1.82) is 0 Å². The molecule has 1 heterocycles. The molecule has 1 aliphatic rings. The number of benzene rings is 2. The van der Waals surface area contributed by atoms with Gasteiger partial charge < -0.3 is 24.4 Å². The van der Waals surface area contributed by atoms with Crippen LogP contribution in [0.3, 0.4) is 0 Å². The lowest BCUT2D eigenvalue weighted by atomic mass is 9.94. The standard InChI is InChI=1S/C24H29ClO5/c1-2-9-28-10-11-29-21-6-3-17(4-7-21)12-19-13-18(5-8-23(19)25)24-15-20(27)14-22(16-26)30-24/h2-8,13,20,22,24,26-27H,1,9-12,14-16H2. The summed E-state index contributed by atoms with van der Waals surface area (Å²) in [6.45, 7) is 5.04. The van der Waals surface area contributed by atoms with E-state index in [9.17, 15) is 10.2 Å². The van der Waals surface area contributed by atoms with Crippen molar-refractivity contribution in [1.82, 2.24) is 0 Å². The first-order valence-corrected chi connectivity index (χ1v) is 10.6. The minimum Gasteiger partial charge on any atom is -0.491 e. The average Bonchev–Trinajstić information content (AvgIpc) is 2.75. The van der Waals surface area contributed by atoms with E-state index in [0.717, 1.165) is 22.4 Å². The topological polar surface area (TPSA) is 68.2 Å². The molecule has 5 nitrogen and oxygen atoms in total. The molecule has 1 saturated heterocycles. The van der Waals surface area contributed by atoms with Gasteiger partial charge in [0.05, 0.1) is 38.1 Å². The predicted octanol–water partition coefficient (Wildman–Crippen LogP) is 4.09. The first kappa shape index (κ1) is 22.8. The SMILES string of the molecule is C=CCOCCOc1ccc(Cc2cc(C3CC(O)CC(CO)O3)ccc2Cl)cc1. The Bertz CT molecular complexity index is 808. The highest BCUT2D eigenvalue weighted by molar-refractivity contribution is 6.31. The molecular weight excluding hydrogens is 404 g/mol. The summed E-state index contributed by atoms with van der Waals surface area (Å²) in [4.78, 5) is 0. The molecule has 0 spiro atoms. The number of rotatable bonds is 10. The molecule has 30 heavy (non-hydrogen) atoms. The van der Waals surface area contributed by atoms with Crippen LogP contribution in [0.2, 0.25) is 5.02 Å². The van der Waals surface area contributed by atoms with E-state index in [1.54, 1.807) is 6.08 Å². The van der Waals surface area contributed by atoms with Crippen molar-refractivity contribution in [2.45, 2.75) is 37.6 Å². The minimum atomic E-state index is -0.477. The molecule has 2 aromatic carbocycles. The highest BCUT2D eigenvalue weighted by Crippen LogP contribution is 2.33. The van der Waals surface area contributed by atoms with Crippen LogP contribution in [0, 0.1) is 0 Å². The predicted molar refractivity (Wildman–Crippen MR) is 117 cm³/mol. The molecule has 0 bridgehead atoms. The average molecular weight is 433 g/mol. The molecule has 162 valence electrons. The van der Waals surface area contributed by atoms with E-state index in [4.69, 9.17) is 25.8 Å². The fraction of sp³-hybridized carbons (Fsp3) is 0.417. The number of halogens is 1. The van der Waals surface area contributed by atoms with Gasteiger partial charge in [0.2, 0.25) is 0 Å². The van der Waals surface area contributed by atoms with Crippen molar-refractivity contribution in [3.05, 3.63) is 76.8 Å².